The maximum Gasteiger partial charge on any atom is 0.319 e. The number of hydrogen-bond acceptors (Lipinski definition) is 4. The number of hydrogen-bond donors (Lipinski definition) is 1. The second kappa shape index (κ2) is 4.97. The van der Waals surface area contributed by atoms with Gasteiger partial charge in [0.25, 0.3) is 0 Å². The first-order valence-corrected chi connectivity index (χ1v) is 4.61. The first kappa shape index (κ1) is 10.2. The van der Waals surface area contributed by atoms with E-state index in [1.807, 2.05) is 0 Å². The normalized spacial score (nSPS) is 28.1. The SMILES string of the molecule is C=N[C@H]1CC[C@H](OC(=O)CN)CC1. The summed E-state index contributed by atoms with van der Waals surface area (Å²) in [5, 5.41) is 0. The first-order chi connectivity index (χ1) is 6.26. The van der Waals surface area contributed by atoms with Gasteiger partial charge in [-0.15, -0.1) is 0 Å². The maximum atomic E-state index is 10.8. The molecule has 4 heteroatoms. The Labute approximate surface area is 78.2 Å². The third-order valence-electron chi connectivity index (χ3n) is 2.37. The van der Waals surface area contributed by atoms with Crippen LogP contribution in [0, 0.1) is 0 Å². The minimum atomic E-state index is -0.310. The summed E-state index contributed by atoms with van der Waals surface area (Å²) in [6.07, 6.45) is 3.75. The van der Waals surface area contributed by atoms with Crippen LogP contribution in [0.1, 0.15) is 25.7 Å². The average Bonchev–Trinajstić information content (AvgIpc) is 2.19. The Hall–Kier alpha value is -0.900. The molecular formula is C9H16N2O2. The topological polar surface area (TPSA) is 64.7 Å². The van der Waals surface area contributed by atoms with Crippen molar-refractivity contribution in [3.63, 3.8) is 0 Å². The molecule has 74 valence electrons. The molecule has 0 saturated heterocycles. The molecule has 0 atom stereocenters. The van der Waals surface area contributed by atoms with Crippen LogP contribution < -0.4 is 5.73 Å². The summed E-state index contributed by atoms with van der Waals surface area (Å²) in [6, 6.07) is 0.354. The predicted molar refractivity (Wildman–Crippen MR) is 50.7 cm³/mol. The molecular weight excluding hydrogens is 168 g/mol. The van der Waals surface area contributed by atoms with E-state index in [0.29, 0.717) is 6.04 Å². The Morgan fingerprint density at radius 3 is 2.54 bits per heavy atom. The second-order valence-electron chi connectivity index (χ2n) is 3.31. The van der Waals surface area contributed by atoms with E-state index in [0.717, 1.165) is 25.7 Å². The number of aliphatic imine (C=N–C) groups is 1. The smallest absolute Gasteiger partial charge is 0.319 e. The molecule has 0 aliphatic heterocycles. The summed E-state index contributed by atoms with van der Waals surface area (Å²) in [5.41, 5.74) is 5.14. The highest BCUT2D eigenvalue weighted by Gasteiger charge is 2.22. The van der Waals surface area contributed by atoms with E-state index in [1.165, 1.54) is 0 Å². The van der Waals surface area contributed by atoms with Gasteiger partial charge in [0, 0.05) is 6.04 Å². The molecule has 13 heavy (non-hydrogen) atoms. The number of nitrogens with two attached hydrogens (primary N) is 1. The van der Waals surface area contributed by atoms with Crippen molar-refractivity contribution in [2.24, 2.45) is 10.7 Å². The standard InChI is InChI=1S/C9H16N2O2/c1-11-7-2-4-8(5-3-7)13-9(12)6-10/h7-8H,1-6,10H2/t7-,8-. The molecule has 0 aromatic rings. The Balaban J connectivity index is 2.24. The summed E-state index contributed by atoms with van der Waals surface area (Å²) >= 11 is 0. The van der Waals surface area contributed by atoms with Gasteiger partial charge in [0.15, 0.2) is 0 Å². The number of carbonyl (C=O) groups is 1. The number of ether oxygens (including phenoxy) is 1. The number of esters is 1. The minimum absolute atomic E-state index is 0.0281. The van der Waals surface area contributed by atoms with E-state index in [4.69, 9.17) is 10.5 Å². The third kappa shape index (κ3) is 3.14. The summed E-state index contributed by atoms with van der Waals surface area (Å²) in [6.45, 7) is 3.48. The fraction of sp³-hybridized carbons (Fsp3) is 0.778. The van der Waals surface area contributed by atoms with Crippen LogP contribution in [-0.4, -0.2) is 31.4 Å². The van der Waals surface area contributed by atoms with Crippen molar-refractivity contribution in [3.05, 3.63) is 0 Å². The van der Waals surface area contributed by atoms with Gasteiger partial charge in [0.05, 0.1) is 6.54 Å². The van der Waals surface area contributed by atoms with E-state index >= 15 is 0 Å². The van der Waals surface area contributed by atoms with Crippen LogP contribution in [-0.2, 0) is 9.53 Å². The van der Waals surface area contributed by atoms with Gasteiger partial charge in [0.2, 0.25) is 0 Å². The molecule has 4 nitrogen and oxygen atoms in total. The first-order valence-electron chi connectivity index (χ1n) is 4.61. The Bertz CT molecular complexity index is 186. The highest BCUT2D eigenvalue weighted by molar-refractivity contribution is 5.71. The fourth-order valence-corrected chi connectivity index (χ4v) is 1.58. The molecule has 2 N–H and O–H groups in total. The van der Waals surface area contributed by atoms with Gasteiger partial charge in [-0.3, -0.25) is 9.79 Å². The molecule has 0 bridgehead atoms. The lowest BCUT2D eigenvalue weighted by molar-refractivity contribution is -0.148. The molecule has 0 radical (unpaired) electrons. The highest BCUT2D eigenvalue weighted by atomic mass is 16.5. The van der Waals surface area contributed by atoms with E-state index in [9.17, 15) is 4.79 Å². The number of rotatable bonds is 3. The highest BCUT2D eigenvalue weighted by Crippen LogP contribution is 2.22. The summed E-state index contributed by atoms with van der Waals surface area (Å²) < 4.78 is 5.11. The molecule has 1 aliphatic carbocycles. The van der Waals surface area contributed by atoms with Crippen molar-refractivity contribution in [2.75, 3.05) is 6.54 Å². The molecule has 1 saturated carbocycles. The van der Waals surface area contributed by atoms with Crippen LogP contribution in [0.5, 0.6) is 0 Å². The van der Waals surface area contributed by atoms with Crippen LogP contribution in [0.25, 0.3) is 0 Å². The van der Waals surface area contributed by atoms with Crippen molar-refractivity contribution >= 4 is 12.7 Å². The van der Waals surface area contributed by atoms with Crippen LogP contribution in [0.2, 0.25) is 0 Å². The Kier molecular flexibility index (Phi) is 3.89. The summed E-state index contributed by atoms with van der Waals surface area (Å²) in [5.74, 6) is -0.310. The molecule has 0 spiro atoms. The lowest BCUT2D eigenvalue weighted by Crippen LogP contribution is -2.28. The Morgan fingerprint density at radius 2 is 2.08 bits per heavy atom. The zero-order valence-corrected chi connectivity index (χ0v) is 7.74. The average molecular weight is 184 g/mol. The fourth-order valence-electron chi connectivity index (χ4n) is 1.58. The quantitative estimate of drug-likeness (QED) is 0.513. The van der Waals surface area contributed by atoms with E-state index < -0.39 is 0 Å². The molecule has 0 aromatic heterocycles. The molecule has 0 unspecified atom stereocenters. The van der Waals surface area contributed by atoms with Crippen molar-refractivity contribution in [1.82, 2.24) is 0 Å². The van der Waals surface area contributed by atoms with Crippen molar-refractivity contribution in [1.29, 1.82) is 0 Å². The second-order valence-corrected chi connectivity index (χ2v) is 3.31. The van der Waals surface area contributed by atoms with Crippen LogP contribution in [0.15, 0.2) is 4.99 Å². The molecule has 1 fully saturated rings. The lowest BCUT2D eigenvalue weighted by atomic mass is 9.93. The van der Waals surface area contributed by atoms with Gasteiger partial charge in [-0.1, -0.05) is 0 Å². The zero-order chi connectivity index (χ0) is 9.68. The van der Waals surface area contributed by atoms with Crippen LogP contribution >= 0.6 is 0 Å². The maximum absolute atomic E-state index is 10.8. The van der Waals surface area contributed by atoms with Gasteiger partial charge >= 0.3 is 5.97 Å². The molecule has 1 aliphatic rings. The third-order valence-corrected chi connectivity index (χ3v) is 2.37. The summed E-state index contributed by atoms with van der Waals surface area (Å²) in [4.78, 5) is 14.8. The van der Waals surface area contributed by atoms with Gasteiger partial charge in [-0.2, -0.15) is 0 Å². The molecule has 0 aromatic carbocycles. The van der Waals surface area contributed by atoms with Crippen LogP contribution in [0.3, 0.4) is 0 Å². The van der Waals surface area contributed by atoms with Crippen molar-refractivity contribution in [3.8, 4) is 0 Å². The number of nitrogens with zero attached hydrogens (tertiary/aromatic N) is 1. The van der Waals surface area contributed by atoms with Gasteiger partial charge in [0.1, 0.15) is 6.10 Å². The van der Waals surface area contributed by atoms with Crippen molar-refractivity contribution < 1.29 is 9.53 Å². The molecule has 0 amide bonds. The van der Waals surface area contributed by atoms with Crippen LogP contribution in [0.4, 0.5) is 0 Å². The summed E-state index contributed by atoms with van der Waals surface area (Å²) in [7, 11) is 0. The van der Waals surface area contributed by atoms with E-state index in [2.05, 4.69) is 11.7 Å². The molecule has 0 heterocycles. The monoisotopic (exact) mass is 184 g/mol. The Morgan fingerprint density at radius 1 is 1.46 bits per heavy atom. The molecule has 1 rings (SSSR count). The van der Waals surface area contributed by atoms with Crippen molar-refractivity contribution in [2.45, 2.75) is 37.8 Å². The van der Waals surface area contributed by atoms with E-state index in [-0.39, 0.29) is 18.6 Å². The van der Waals surface area contributed by atoms with Gasteiger partial charge in [-0.05, 0) is 32.4 Å². The lowest BCUT2D eigenvalue weighted by Gasteiger charge is -2.25. The largest absolute Gasteiger partial charge is 0.461 e. The predicted octanol–water partition coefficient (Wildman–Crippen LogP) is 0.500. The zero-order valence-electron chi connectivity index (χ0n) is 7.74. The van der Waals surface area contributed by atoms with Gasteiger partial charge < -0.3 is 10.5 Å². The number of carbonyl (C=O) groups excluding carboxylic acids is 1. The minimum Gasteiger partial charge on any atom is -0.461 e. The van der Waals surface area contributed by atoms with Gasteiger partial charge in [-0.25, -0.2) is 0 Å². The van der Waals surface area contributed by atoms with E-state index in [1.54, 1.807) is 0 Å².